The van der Waals surface area contributed by atoms with E-state index in [1.54, 1.807) is 0 Å². The lowest BCUT2D eigenvalue weighted by Gasteiger charge is -2.13. The van der Waals surface area contributed by atoms with Crippen LogP contribution in [-0.2, 0) is 4.74 Å². The highest BCUT2D eigenvalue weighted by atomic mass is 16.5. The third-order valence-corrected chi connectivity index (χ3v) is 2.14. The minimum atomic E-state index is -0.337. The third kappa shape index (κ3) is 2.42. The Morgan fingerprint density at radius 1 is 1.58 bits per heavy atom. The molecule has 4 heteroatoms. The van der Waals surface area contributed by atoms with Gasteiger partial charge in [0.15, 0.2) is 0 Å². The van der Waals surface area contributed by atoms with E-state index in [0.29, 0.717) is 19.7 Å². The number of rotatable bonds is 4. The second-order valence-corrected chi connectivity index (χ2v) is 3.11. The molecule has 1 saturated heterocycles. The molecule has 1 aliphatic heterocycles. The fourth-order valence-electron chi connectivity index (χ4n) is 1.58. The van der Waals surface area contributed by atoms with Crippen molar-refractivity contribution < 1.29 is 9.84 Å². The summed E-state index contributed by atoms with van der Waals surface area (Å²) in [6.45, 7) is 5.61. The van der Waals surface area contributed by atoms with Gasteiger partial charge in [-0.2, -0.15) is 0 Å². The van der Waals surface area contributed by atoms with E-state index in [-0.39, 0.29) is 12.2 Å². The first-order valence-electron chi connectivity index (χ1n) is 4.50. The number of nitrogens with zero attached hydrogens (tertiary/aromatic N) is 1. The molecule has 0 aromatic rings. The molecule has 12 heavy (non-hydrogen) atoms. The molecule has 3 N–H and O–H groups in total. The van der Waals surface area contributed by atoms with Crippen molar-refractivity contribution in [1.82, 2.24) is 4.90 Å². The third-order valence-electron chi connectivity index (χ3n) is 2.14. The highest BCUT2D eigenvalue weighted by molar-refractivity contribution is 4.84. The lowest BCUT2D eigenvalue weighted by Crippen LogP contribution is -2.28. The second kappa shape index (κ2) is 4.77. The summed E-state index contributed by atoms with van der Waals surface area (Å²) in [5, 5.41) is 9.51. The van der Waals surface area contributed by atoms with Crippen molar-refractivity contribution in [2.45, 2.75) is 19.1 Å². The van der Waals surface area contributed by atoms with Crippen LogP contribution in [0.2, 0.25) is 0 Å². The Labute approximate surface area is 73.3 Å². The molecular weight excluding hydrogens is 156 g/mol. The molecule has 0 bridgehead atoms. The van der Waals surface area contributed by atoms with Gasteiger partial charge in [-0.3, -0.25) is 4.90 Å². The van der Waals surface area contributed by atoms with Crippen molar-refractivity contribution in [2.24, 2.45) is 5.73 Å². The van der Waals surface area contributed by atoms with Gasteiger partial charge in [-0.05, 0) is 6.92 Å². The average Bonchev–Trinajstić information content (AvgIpc) is 2.34. The number of aliphatic hydroxyl groups excluding tert-OH is 1. The summed E-state index contributed by atoms with van der Waals surface area (Å²) in [5.74, 6) is 0. The Morgan fingerprint density at radius 2 is 2.33 bits per heavy atom. The summed E-state index contributed by atoms with van der Waals surface area (Å²) in [6.07, 6.45) is -0.349. The van der Waals surface area contributed by atoms with Crippen molar-refractivity contribution in [3.8, 4) is 0 Å². The molecular formula is C8H18N2O2. The van der Waals surface area contributed by atoms with E-state index in [4.69, 9.17) is 10.5 Å². The van der Waals surface area contributed by atoms with Gasteiger partial charge in [0, 0.05) is 32.8 Å². The van der Waals surface area contributed by atoms with E-state index in [1.807, 2.05) is 6.92 Å². The molecule has 0 amide bonds. The molecule has 0 aliphatic carbocycles. The van der Waals surface area contributed by atoms with Gasteiger partial charge in [-0.15, -0.1) is 0 Å². The molecule has 1 fully saturated rings. The minimum Gasteiger partial charge on any atom is -0.389 e. The quantitative estimate of drug-likeness (QED) is 0.575. The molecule has 0 aromatic carbocycles. The first-order chi connectivity index (χ1) is 5.77. The van der Waals surface area contributed by atoms with Gasteiger partial charge >= 0.3 is 0 Å². The molecule has 2 atom stereocenters. The summed E-state index contributed by atoms with van der Waals surface area (Å²) in [7, 11) is 0. The summed E-state index contributed by atoms with van der Waals surface area (Å²) < 4.78 is 5.36. The largest absolute Gasteiger partial charge is 0.389 e. The first kappa shape index (κ1) is 9.92. The number of aliphatic hydroxyl groups is 1. The van der Waals surface area contributed by atoms with Crippen molar-refractivity contribution >= 4 is 0 Å². The zero-order chi connectivity index (χ0) is 8.97. The van der Waals surface area contributed by atoms with Gasteiger partial charge < -0.3 is 15.6 Å². The highest BCUT2D eigenvalue weighted by Gasteiger charge is 2.30. The van der Waals surface area contributed by atoms with Gasteiger partial charge in [0.1, 0.15) is 0 Å². The van der Waals surface area contributed by atoms with E-state index in [1.165, 1.54) is 0 Å². The molecule has 1 heterocycles. The Bertz CT molecular complexity index is 132. The standard InChI is InChI=1S/C8H18N2O2/c1-2-12-8-6-10(4-3-9)5-7(8)11/h7-8,11H,2-6,9H2,1H3/t7-,8-/m0/s1. The van der Waals surface area contributed by atoms with Crippen LogP contribution in [0, 0.1) is 0 Å². The predicted molar refractivity (Wildman–Crippen MR) is 46.9 cm³/mol. The fourth-order valence-corrected chi connectivity index (χ4v) is 1.58. The highest BCUT2D eigenvalue weighted by Crippen LogP contribution is 2.12. The maximum Gasteiger partial charge on any atom is 0.0972 e. The second-order valence-electron chi connectivity index (χ2n) is 3.11. The normalized spacial score (nSPS) is 31.2. The molecule has 4 nitrogen and oxygen atoms in total. The lowest BCUT2D eigenvalue weighted by molar-refractivity contribution is -0.00240. The molecule has 0 spiro atoms. The van der Waals surface area contributed by atoms with Gasteiger partial charge in [0.25, 0.3) is 0 Å². The van der Waals surface area contributed by atoms with Crippen LogP contribution in [0.5, 0.6) is 0 Å². The van der Waals surface area contributed by atoms with E-state index >= 15 is 0 Å². The van der Waals surface area contributed by atoms with Crippen LogP contribution >= 0.6 is 0 Å². The van der Waals surface area contributed by atoms with E-state index < -0.39 is 0 Å². The number of nitrogens with two attached hydrogens (primary N) is 1. The summed E-state index contributed by atoms with van der Waals surface area (Å²) >= 11 is 0. The SMILES string of the molecule is CCO[C@H]1CN(CCN)C[C@@H]1O. The molecule has 0 radical (unpaired) electrons. The molecule has 0 unspecified atom stereocenters. The zero-order valence-corrected chi connectivity index (χ0v) is 7.57. The fraction of sp³-hybridized carbons (Fsp3) is 1.00. The maximum atomic E-state index is 9.51. The van der Waals surface area contributed by atoms with Gasteiger partial charge in [-0.25, -0.2) is 0 Å². The van der Waals surface area contributed by atoms with E-state index in [0.717, 1.165) is 13.1 Å². The molecule has 1 aliphatic rings. The maximum absolute atomic E-state index is 9.51. The topological polar surface area (TPSA) is 58.7 Å². The molecule has 1 rings (SSSR count). The zero-order valence-electron chi connectivity index (χ0n) is 7.57. The Kier molecular flexibility index (Phi) is 3.94. The first-order valence-corrected chi connectivity index (χ1v) is 4.50. The number of β-amino-alcohol motifs (C(OH)–C–C–N with tert-alkyl or cyclic N) is 1. The van der Waals surface area contributed by atoms with Crippen LogP contribution in [0.3, 0.4) is 0 Å². The number of hydrogen-bond donors (Lipinski definition) is 2. The summed E-state index contributed by atoms with van der Waals surface area (Å²) in [4.78, 5) is 2.13. The van der Waals surface area contributed by atoms with Crippen LogP contribution in [-0.4, -0.2) is 55.0 Å². The van der Waals surface area contributed by atoms with Crippen LogP contribution in [0.15, 0.2) is 0 Å². The minimum absolute atomic E-state index is 0.0125. The van der Waals surface area contributed by atoms with Crippen molar-refractivity contribution in [1.29, 1.82) is 0 Å². The predicted octanol–water partition coefficient (Wildman–Crippen LogP) is -0.973. The Balaban J connectivity index is 2.29. The Morgan fingerprint density at radius 3 is 2.92 bits per heavy atom. The Hall–Kier alpha value is -0.160. The van der Waals surface area contributed by atoms with Crippen LogP contribution in [0.4, 0.5) is 0 Å². The van der Waals surface area contributed by atoms with Crippen LogP contribution < -0.4 is 5.73 Å². The van der Waals surface area contributed by atoms with Crippen molar-refractivity contribution in [2.75, 3.05) is 32.8 Å². The summed E-state index contributed by atoms with van der Waals surface area (Å²) in [5.41, 5.74) is 5.41. The smallest absolute Gasteiger partial charge is 0.0972 e. The summed E-state index contributed by atoms with van der Waals surface area (Å²) in [6, 6.07) is 0. The number of likely N-dealkylation sites (tertiary alicyclic amines) is 1. The average molecular weight is 174 g/mol. The van der Waals surface area contributed by atoms with Gasteiger partial charge in [0.2, 0.25) is 0 Å². The molecule has 72 valence electrons. The lowest BCUT2D eigenvalue weighted by atomic mass is 10.3. The monoisotopic (exact) mass is 174 g/mol. The van der Waals surface area contributed by atoms with Crippen LogP contribution in [0.25, 0.3) is 0 Å². The number of hydrogen-bond acceptors (Lipinski definition) is 4. The van der Waals surface area contributed by atoms with Gasteiger partial charge in [-0.1, -0.05) is 0 Å². The van der Waals surface area contributed by atoms with E-state index in [2.05, 4.69) is 4.90 Å². The van der Waals surface area contributed by atoms with Crippen LogP contribution in [0.1, 0.15) is 6.92 Å². The number of ether oxygens (including phenoxy) is 1. The van der Waals surface area contributed by atoms with Crippen molar-refractivity contribution in [3.63, 3.8) is 0 Å². The molecule has 0 aromatic heterocycles. The van der Waals surface area contributed by atoms with E-state index in [9.17, 15) is 5.11 Å². The molecule has 0 saturated carbocycles. The van der Waals surface area contributed by atoms with Gasteiger partial charge in [0.05, 0.1) is 12.2 Å². The van der Waals surface area contributed by atoms with Crippen molar-refractivity contribution in [3.05, 3.63) is 0 Å².